The summed E-state index contributed by atoms with van der Waals surface area (Å²) in [7, 11) is 2.12. The SMILES string of the molecule is CCOC(=O)N(CC)C1CCN(C)CC1. The zero-order valence-corrected chi connectivity index (χ0v) is 10.0. The molecule has 1 rings (SSSR count). The summed E-state index contributed by atoms with van der Waals surface area (Å²) < 4.78 is 5.05. The average Bonchev–Trinajstić information content (AvgIpc) is 2.22. The first kappa shape index (κ1) is 12.3. The van der Waals surface area contributed by atoms with Gasteiger partial charge in [-0.3, -0.25) is 0 Å². The molecule has 1 aliphatic heterocycles. The number of carbonyl (C=O) groups excluding carboxylic acids is 1. The lowest BCUT2D eigenvalue weighted by molar-refractivity contribution is 0.0744. The van der Waals surface area contributed by atoms with Gasteiger partial charge in [0, 0.05) is 12.6 Å². The molecule has 4 nitrogen and oxygen atoms in total. The van der Waals surface area contributed by atoms with Gasteiger partial charge in [0.2, 0.25) is 0 Å². The molecule has 0 saturated carbocycles. The van der Waals surface area contributed by atoms with E-state index in [1.54, 1.807) is 0 Å². The van der Waals surface area contributed by atoms with Crippen molar-refractivity contribution in [2.45, 2.75) is 32.7 Å². The van der Waals surface area contributed by atoms with E-state index in [9.17, 15) is 4.79 Å². The van der Waals surface area contributed by atoms with E-state index >= 15 is 0 Å². The maximum Gasteiger partial charge on any atom is 0.409 e. The van der Waals surface area contributed by atoms with Crippen molar-refractivity contribution in [1.29, 1.82) is 0 Å². The van der Waals surface area contributed by atoms with E-state index in [0.29, 0.717) is 12.6 Å². The van der Waals surface area contributed by atoms with Crippen LogP contribution in [0.2, 0.25) is 0 Å². The van der Waals surface area contributed by atoms with Crippen LogP contribution in [0.4, 0.5) is 4.79 Å². The Balaban J connectivity index is 2.47. The lowest BCUT2D eigenvalue weighted by atomic mass is 10.0. The van der Waals surface area contributed by atoms with Gasteiger partial charge in [-0.15, -0.1) is 0 Å². The van der Waals surface area contributed by atoms with Crippen molar-refractivity contribution in [3.05, 3.63) is 0 Å². The molecule has 0 aromatic rings. The van der Waals surface area contributed by atoms with Crippen molar-refractivity contribution < 1.29 is 9.53 Å². The molecule has 0 radical (unpaired) electrons. The first-order chi connectivity index (χ1) is 7.19. The largest absolute Gasteiger partial charge is 0.450 e. The molecule has 1 fully saturated rings. The molecule has 15 heavy (non-hydrogen) atoms. The molecule has 88 valence electrons. The van der Waals surface area contributed by atoms with Crippen molar-refractivity contribution in [1.82, 2.24) is 9.80 Å². The molecule has 0 bridgehead atoms. The van der Waals surface area contributed by atoms with E-state index < -0.39 is 0 Å². The maximum atomic E-state index is 11.6. The topological polar surface area (TPSA) is 32.8 Å². The standard InChI is InChI=1S/C11H22N2O2/c1-4-13(11(14)15-5-2)10-6-8-12(3)9-7-10/h10H,4-9H2,1-3H3. The number of rotatable bonds is 3. The van der Waals surface area contributed by atoms with Crippen LogP contribution < -0.4 is 0 Å². The molecule has 4 heteroatoms. The lowest BCUT2D eigenvalue weighted by Crippen LogP contribution is -2.46. The van der Waals surface area contributed by atoms with E-state index in [4.69, 9.17) is 4.74 Å². The fraction of sp³-hybridized carbons (Fsp3) is 0.909. The van der Waals surface area contributed by atoms with Gasteiger partial charge in [0.25, 0.3) is 0 Å². The first-order valence-corrected chi connectivity index (χ1v) is 5.81. The van der Waals surface area contributed by atoms with Crippen molar-refractivity contribution in [2.75, 3.05) is 33.3 Å². The predicted molar refractivity (Wildman–Crippen MR) is 59.9 cm³/mol. The molecule has 0 aromatic carbocycles. The molecule has 1 aliphatic rings. The summed E-state index contributed by atoms with van der Waals surface area (Å²) in [6.07, 6.45) is 1.96. The van der Waals surface area contributed by atoms with Crippen LogP contribution in [0.25, 0.3) is 0 Å². The molecular formula is C11H22N2O2. The predicted octanol–water partition coefficient (Wildman–Crippen LogP) is 1.56. The average molecular weight is 214 g/mol. The van der Waals surface area contributed by atoms with Crippen molar-refractivity contribution in [3.8, 4) is 0 Å². The second-order valence-corrected chi connectivity index (χ2v) is 4.02. The third-order valence-electron chi connectivity index (χ3n) is 2.97. The smallest absolute Gasteiger partial charge is 0.409 e. The van der Waals surface area contributed by atoms with Gasteiger partial charge in [0.05, 0.1) is 6.61 Å². The highest BCUT2D eigenvalue weighted by Crippen LogP contribution is 2.16. The van der Waals surface area contributed by atoms with Gasteiger partial charge in [-0.05, 0) is 46.8 Å². The Morgan fingerprint density at radius 1 is 1.40 bits per heavy atom. The van der Waals surface area contributed by atoms with Gasteiger partial charge in [-0.1, -0.05) is 0 Å². The minimum absolute atomic E-state index is 0.158. The fourth-order valence-electron chi connectivity index (χ4n) is 2.05. The Morgan fingerprint density at radius 2 is 2.00 bits per heavy atom. The maximum absolute atomic E-state index is 11.6. The summed E-state index contributed by atoms with van der Waals surface area (Å²) in [6, 6.07) is 0.366. The number of piperidine rings is 1. The van der Waals surface area contributed by atoms with Gasteiger partial charge in [0.15, 0.2) is 0 Å². The van der Waals surface area contributed by atoms with Gasteiger partial charge < -0.3 is 14.5 Å². The zero-order chi connectivity index (χ0) is 11.3. The Morgan fingerprint density at radius 3 is 2.47 bits per heavy atom. The molecule has 0 aromatic heterocycles. The molecule has 1 amide bonds. The van der Waals surface area contributed by atoms with Crippen molar-refractivity contribution in [3.63, 3.8) is 0 Å². The molecule has 1 saturated heterocycles. The summed E-state index contributed by atoms with van der Waals surface area (Å²) in [5, 5.41) is 0. The molecule has 0 N–H and O–H groups in total. The lowest BCUT2D eigenvalue weighted by Gasteiger charge is -2.36. The number of hydrogen-bond acceptors (Lipinski definition) is 3. The van der Waals surface area contributed by atoms with Crippen LogP contribution in [-0.4, -0.2) is 55.2 Å². The van der Waals surface area contributed by atoms with Crippen molar-refractivity contribution in [2.24, 2.45) is 0 Å². The molecule has 0 atom stereocenters. The second kappa shape index (κ2) is 5.95. The number of amides is 1. The van der Waals surface area contributed by atoms with Crippen molar-refractivity contribution >= 4 is 6.09 Å². The van der Waals surface area contributed by atoms with Gasteiger partial charge >= 0.3 is 6.09 Å². The van der Waals surface area contributed by atoms with Crippen LogP contribution in [0.5, 0.6) is 0 Å². The third-order valence-corrected chi connectivity index (χ3v) is 2.97. The molecule has 0 unspecified atom stereocenters. The third kappa shape index (κ3) is 3.38. The van der Waals surface area contributed by atoms with Gasteiger partial charge in [-0.25, -0.2) is 4.79 Å². The molecule has 0 spiro atoms. The second-order valence-electron chi connectivity index (χ2n) is 4.02. The first-order valence-electron chi connectivity index (χ1n) is 5.81. The summed E-state index contributed by atoms with van der Waals surface area (Å²) in [5.74, 6) is 0. The summed E-state index contributed by atoms with van der Waals surface area (Å²) in [5.41, 5.74) is 0. The summed E-state index contributed by atoms with van der Waals surface area (Å²) in [4.78, 5) is 15.8. The van der Waals surface area contributed by atoms with E-state index in [0.717, 1.165) is 32.5 Å². The quantitative estimate of drug-likeness (QED) is 0.714. The molecular weight excluding hydrogens is 192 g/mol. The highest BCUT2D eigenvalue weighted by Gasteiger charge is 2.26. The molecule has 1 heterocycles. The highest BCUT2D eigenvalue weighted by atomic mass is 16.6. The van der Waals surface area contributed by atoms with Crippen LogP contribution >= 0.6 is 0 Å². The number of nitrogens with zero attached hydrogens (tertiary/aromatic N) is 2. The fourth-order valence-corrected chi connectivity index (χ4v) is 2.05. The Labute approximate surface area is 92.2 Å². The Hall–Kier alpha value is -0.770. The molecule has 0 aliphatic carbocycles. The number of carbonyl (C=O) groups is 1. The minimum Gasteiger partial charge on any atom is -0.450 e. The van der Waals surface area contributed by atoms with Gasteiger partial charge in [-0.2, -0.15) is 0 Å². The number of ether oxygens (including phenoxy) is 1. The minimum atomic E-state index is -0.158. The van der Waals surface area contributed by atoms with Crippen LogP contribution in [-0.2, 0) is 4.74 Å². The van der Waals surface area contributed by atoms with E-state index in [-0.39, 0.29) is 6.09 Å². The monoisotopic (exact) mass is 214 g/mol. The van der Waals surface area contributed by atoms with E-state index in [1.165, 1.54) is 0 Å². The van der Waals surface area contributed by atoms with Crippen LogP contribution in [0, 0.1) is 0 Å². The van der Waals surface area contributed by atoms with Crippen LogP contribution in [0.1, 0.15) is 26.7 Å². The summed E-state index contributed by atoms with van der Waals surface area (Å²) >= 11 is 0. The van der Waals surface area contributed by atoms with Gasteiger partial charge in [0.1, 0.15) is 0 Å². The Bertz CT molecular complexity index is 201. The van der Waals surface area contributed by atoms with Crippen LogP contribution in [0.15, 0.2) is 0 Å². The Kier molecular flexibility index (Phi) is 4.88. The van der Waals surface area contributed by atoms with Crippen LogP contribution in [0.3, 0.4) is 0 Å². The number of likely N-dealkylation sites (tertiary alicyclic amines) is 1. The van der Waals surface area contributed by atoms with E-state index in [1.807, 2.05) is 18.7 Å². The summed E-state index contributed by atoms with van der Waals surface area (Å²) in [6.45, 7) is 7.20. The number of hydrogen-bond donors (Lipinski definition) is 0. The normalized spacial score (nSPS) is 18.9. The highest BCUT2D eigenvalue weighted by molar-refractivity contribution is 5.68. The zero-order valence-electron chi connectivity index (χ0n) is 10.0. The van der Waals surface area contributed by atoms with E-state index in [2.05, 4.69) is 11.9 Å².